The third-order valence-corrected chi connectivity index (χ3v) is 2.85. The number of hydrogen-bond acceptors (Lipinski definition) is 3. The topological polar surface area (TPSA) is 56.1 Å². The monoisotopic (exact) mass is 271 g/mol. The summed E-state index contributed by atoms with van der Waals surface area (Å²) in [7, 11) is 3.35. The van der Waals surface area contributed by atoms with Gasteiger partial charge in [-0.25, -0.2) is 0 Å². The van der Waals surface area contributed by atoms with Gasteiger partial charge in [0.15, 0.2) is 0 Å². The summed E-state index contributed by atoms with van der Waals surface area (Å²) in [5.41, 5.74) is 1.55. The second-order valence-electron chi connectivity index (χ2n) is 4.11. The summed E-state index contributed by atoms with van der Waals surface area (Å²) in [6.07, 6.45) is 3.11. The van der Waals surface area contributed by atoms with Crippen molar-refractivity contribution in [2.45, 2.75) is 19.9 Å². The summed E-state index contributed by atoms with van der Waals surface area (Å²) < 4.78 is 6.51. The van der Waals surface area contributed by atoms with Gasteiger partial charge in [-0.05, 0) is 19.9 Å². The number of aryl methyl sites for hydroxylation is 2. The summed E-state index contributed by atoms with van der Waals surface area (Å²) in [4.78, 5) is 11.6. The number of methoxy groups -OCH3 is 1. The number of halogens is 1. The zero-order valence-corrected chi connectivity index (χ0v) is 11.8. The summed E-state index contributed by atoms with van der Waals surface area (Å²) in [5.74, 6) is -0.182. The van der Waals surface area contributed by atoms with Crippen molar-refractivity contribution in [3.63, 3.8) is 0 Å². The van der Waals surface area contributed by atoms with Gasteiger partial charge in [-0.2, -0.15) is 5.10 Å². The molecule has 0 aromatic carbocycles. The van der Waals surface area contributed by atoms with E-state index < -0.39 is 0 Å². The Morgan fingerprint density at radius 1 is 1.67 bits per heavy atom. The predicted molar refractivity (Wildman–Crippen MR) is 71.5 cm³/mol. The molecule has 0 spiro atoms. The van der Waals surface area contributed by atoms with Crippen molar-refractivity contribution < 1.29 is 9.53 Å². The molecule has 0 saturated heterocycles. The van der Waals surface area contributed by atoms with Gasteiger partial charge in [0, 0.05) is 31.8 Å². The van der Waals surface area contributed by atoms with Crippen LogP contribution in [0.15, 0.2) is 6.08 Å². The Hall–Kier alpha value is -1.33. The van der Waals surface area contributed by atoms with E-state index >= 15 is 0 Å². The summed E-state index contributed by atoms with van der Waals surface area (Å²) in [6.45, 7) is 4.20. The normalized spacial score (nSPS) is 12.9. The summed E-state index contributed by atoms with van der Waals surface area (Å²) >= 11 is 6.05. The van der Waals surface area contributed by atoms with Crippen LogP contribution >= 0.6 is 11.6 Å². The van der Waals surface area contributed by atoms with Gasteiger partial charge in [0.05, 0.1) is 12.3 Å². The fourth-order valence-electron chi connectivity index (χ4n) is 1.58. The van der Waals surface area contributed by atoms with Crippen molar-refractivity contribution in [2.75, 3.05) is 13.7 Å². The molecule has 1 aromatic rings. The molecule has 1 amide bonds. The first-order chi connectivity index (χ1) is 8.45. The minimum Gasteiger partial charge on any atom is -0.383 e. The van der Waals surface area contributed by atoms with E-state index in [0.29, 0.717) is 11.8 Å². The first kappa shape index (κ1) is 14.7. The molecule has 0 aliphatic rings. The lowest BCUT2D eigenvalue weighted by Crippen LogP contribution is -2.34. The van der Waals surface area contributed by atoms with Gasteiger partial charge < -0.3 is 10.1 Å². The molecule has 0 fully saturated rings. The van der Waals surface area contributed by atoms with E-state index in [9.17, 15) is 4.79 Å². The van der Waals surface area contributed by atoms with E-state index in [1.165, 1.54) is 6.08 Å². The van der Waals surface area contributed by atoms with Crippen molar-refractivity contribution in [2.24, 2.45) is 7.05 Å². The fourth-order valence-corrected chi connectivity index (χ4v) is 1.81. The maximum Gasteiger partial charge on any atom is 0.244 e. The zero-order valence-electron chi connectivity index (χ0n) is 11.0. The van der Waals surface area contributed by atoms with Crippen molar-refractivity contribution in [3.05, 3.63) is 22.5 Å². The molecule has 0 aliphatic carbocycles. The summed E-state index contributed by atoms with van der Waals surface area (Å²) in [6, 6.07) is -0.0300. The lowest BCUT2D eigenvalue weighted by atomic mass is 10.2. The molecule has 1 N–H and O–H groups in total. The molecule has 5 nitrogen and oxygen atoms in total. The molecule has 100 valence electrons. The van der Waals surface area contributed by atoms with E-state index in [1.807, 2.05) is 13.8 Å². The van der Waals surface area contributed by atoms with E-state index in [4.69, 9.17) is 16.3 Å². The Balaban J connectivity index is 2.66. The minimum absolute atomic E-state index is 0.0300. The Morgan fingerprint density at radius 2 is 2.33 bits per heavy atom. The third kappa shape index (κ3) is 3.85. The van der Waals surface area contributed by atoms with Crippen LogP contribution in [0.3, 0.4) is 0 Å². The van der Waals surface area contributed by atoms with Crippen molar-refractivity contribution in [1.82, 2.24) is 15.1 Å². The van der Waals surface area contributed by atoms with Gasteiger partial charge in [0.1, 0.15) is 5.15 Å². The number of hydrogen-bond donors (Lipinski definition) is 1. The number of nitrogens with zero attached hydrogens (tertiary/aromatic N) is 2. The van der Waals surface area contributed by atoms with Gasteiger partial charge in [0.2, 0.25) is 5.91 Å². The molecule has 1 unspecified atom stereocenters. The van der Waals surface area contributed by atoms with Gasteiger partial charge in [-0.3, -0.25) is 9.48 Å². The van der Waals surface area contributed by atoms with Crippen LogP contribution in [0.5, 0.6) is 0 Å². The van der Waals surface area contributed by atoms with Crippen molar-refractivity contribution in [3.8, 4) is 0 Å². The molecule has 0 saturated carbocycles. The Kier molecular flexibility index (Phi) is 5.37. The van der Waals surface area contributed by atoms with Gasteiger partial charge >= 0.3 is 0 Å². The molecule has 0 aliphatic heterocycles. The minimum atomic E-state index is -0.182. The van der Waals surface area contributed by atoms with Crippen LogP contribution in [0, 0.1) is 6.92 Å². The molecule has 6 heteroatoms. The fraction of sp³-hybridized carbons (Fsp3) is 0.500. The molecular formula is C12H18ClN3O2. The van der Waals surface area contributed by atoms with Crippen LogP contribution in [0.1, 0.15) is 18.2 Å². The first-order valence-corrected chi connectivity index (χ1v) is 6.00. The lowest BCUT2D eigenvalue weighted by Gasteiger charge is -2.10. The average Bonchev–Trinajstić information content (AvgIpc) is 2.51. The number of rotatable bonds is 5. The highest BCUT2D eigenvalue weighted by atomic mass is 35.5. The number of nitrogens with one attached hydrogen (secondary N) is 1. The summed E-state index contributed by atoms with van der Waals surface area (Å²) in [5, 5.41) is 7.45. The van der Waals surface area contributed by atoms with Crippen LogP contribution < -0.4 is 5.32 Å². The molecule has 1 aromatic heterocycles. The Bertz CT molecular complexity index is 454. The van der Waals surface area contributed by atoms with Crippen LogP contribution in [0.2, 0.25) is 5.15 Å². The van der Waals surface area contributed by atoms with E-state index in [2.05, 4.69) is 10.4 Å². The van der Waals surface area contributed by atoms with Crippen LogP contribution in [-0.4, -0.2) is 35.4 Å². The maximum atomic E-state index is 11.6. The predicted octanol–water partition coefficient (Wildman–Crippen LogP) is 1.55. The highest BCUT2D eigenvalue weighted by Crippen LogP contribution is 2.19. The highest BCUT2D eigenvalue weighted by Gasteiger charge is 2.09. The van der Waals surface area contributed by atoms with E-state index in [0.717, 1.165) is 11.3 Å². The molecular weight excluding hydrogens is 254 g/mol. The molecule has 1 atom stereocenters. The largest absolute Gasteiger partial charge is 0.383 e. The first-order valence-electron chi connectivity index (χ1n) is 5.62. The molecule has 0 bridgehead atoms. The SMILES string of the molecule is COCC(C)NC(=O)/C=C/c1c(C)nn(C)c1Cl. The molecule has 1 heterocycles. The van der Waals surface area contributed by atoms with E-state index in [-0.39, 0.29) is 11.9 Å². The van der Waals surface area contributed by atoms with E-state index in [1.54, 1.807) is 24.9 Å². The number of carbonyl (C=O) groups is 1. The standard InChI is InChI=1S/C12H18ClN3O2/c1-8(7-18-4)14-11(17)6-5-10-9(2)15-16(3)12(10)13/h5-6,8H,7H2,1-4H3,(H,14,17)/b6-5+. The number of aromatic nitrogens is 2. The quantitative estimate of drug-likeness (QED) is 0.827. The molecule has 0 radical (unpaired) electrons. The number of carbonyl (C=O) groups excluding carboxylic acids is 1. The van der Waals surface area contributed by atoms with Gasteiger partial charge in [0.25, 0.3) is 0 Å². The van der Waals surface area contributed by atoms with Gasteiger partial charge in [-0.1, -0.05) is 11.6 Å². The number of ether oxygens (including phenoxy) is 1. The zero-order chi connectivity index (χ0) is 13.7. The third-order valence-electron chi connectivity index (χ3n) is 2.40. The lowest BCUT2D eigenvalue weighted by molar-refractivity contribution is -0.117. The average molecular weight is 272 g/mol. The van der Waals surface area contributed by atoms with Crippen LogP contribution in [0.25, 0.3) is 6.08 Å². The molecule has 18 heavy (non-hydrogen) atoms. The smallest absolute Gasteiger partial charge is 0.244 e. The Morgan fingerprint density at radius 3 is 2.83 bits per heavy atom. The van der Waals surface area contributed by atoms with Gasteiger partial charge in [-0.15, -0.1) is 0 Å². The van der Waals surface area contributed by atoms with Crippen LogP contribution in [-0.2, 0) is 16.6 Å². The van der Waals surface area contributed by atoms with Crippen molar-refractivity contribution in [1.29, 1.82) is 0 Å². The van der Waals surface area contributed by atoms with Crippen LogP contribution in [0.4, 0.5) is 0 Å². The highest BCUT2D eigenvalue weighted by molar-refractivity contribution is 6.31. The van der Waals surface area contributed by atoms with Crippen molar-refractivity contribution >= 4 is 23.6 Å². The second kappa shape index (κ2) is 6.56. The molecule has 1 rings (SSSR count). The maximum absolute atomic E-state index is 11.6. The second-order valence-corrected chi connectivity index (χ2v) is 4.47. The Labute approximate surface area is 112 Å². The number of amides is 1.